The van der Waals surface area contributed by atoms with Gasteiger partial charge in [0.25, 0.3) is 0 Å². The molecule has 0 saturated heterocycles. The molecule has 7 heteroatoms. The highest BCUT2D eigenvalue weighted by Crippen LogP contribution is 2.35. The number of nitrogens with one attached hydrogen (secondary N) is 1. The summed E-state index contributed by atoms with van der Waals surface area (Å²) < 4.78 is 1.51. The molecule has 0 fully saturated rings. The van der Waals surface area contributed by atoms with Gasteiger partial charge in [-0.3, -0.25) is 0 Å². The van der Waals surface area contributed by atoms with E-state index in [2.05, 4.69) is 57.0 Å². The molecule has 0 atom stereocenters. The minimum Gasteiger partial charge on any atom is -0.372 e. The first-order valence-electron chi connectivity index (χ1n) is 5.70. The van der Waals surface area contributed by atoms with Crippen molar-refractivity contribution in [1.29, 1.82) is 0 Å². The molecule has 0 aliphatic rings. The summed E-state index contributed by atoms with van der Waals surface area (Å²) in [7, 11) is 1.83. The fourth-order valence-electron chi connectivity index (χ4n) is 1.56. The average Bonchev–Trinajstić information content (AvgIpc) is 2.74. The Bertz CT molecular complexity index is 606. The average molecular weight is 362 g/mol. The normalized spacial score (nSPS) is 11.7. The van der Waals surface area contributed by atoms with Crippen LogP contribution in [0.1, 0.15) is 26.5 Å². The summed E-state index contributed by atoms with van der Waals surface area (Å²) in [5, 5.41) is 3.79. The van der Waals surface area contributed by atoms with Crippen LogP contribution < -0.4 is 5.32 Å². The summed E-state index contributed by atoms with van der Waals surface area (Å²) in [5.41, 5.74) is 0.844. The fourth-order valence-corrected chi connectivity index (χ4v) is 3.38. The highest BCUT2D eigenvalue weighted by molar-refractivity contribution is 9.10. The largest absolute Gasteiger partial charge is 0.372 e. The molecule has 0 aliphatic carbocycles. The summed E-state index contributed by atoms with van der Waals surface area (Å²) in [6.45, 7) is 6.33. The zero-order valence-electron chi connectivity index (χ0n) is 11.1. The van der Waals surface area contributed by atoms with Crippen LogP contribution in [0.15, 0.2) is 10.7 Å². The molecule has 102 valence electrons. The summed E-state index contributed by atoms with van der Waals surface area (Å²) in [5.74, 6) is 1.34. The lowest BCUT2D eigenvalue weighted by Crippen LogP contribution is -2.17. The first kappa shape index (κ1) is 14.7. The Morgan fingerprint density at radius 2 is 2.00 bits per heavy atom. The summed E-state index contributed by atoms with van der Waals surface area (Å²) >= 11 is 10.9. The van der Waals surface area contributed by atoms with E-state index in [0.29, 0.717) is 10.2 Å². The topological polar surface area (TPSA) is 50.7 Å². The van der Waals surface area contributed by atoms with Gasteiger partial charge in [0.15, 0.2) is 10.8 Å². The first-order chi connectivity index (χ1) is 8.82. The van der Waals surface area contributed by atoms with E-state index in [0.717, 1.165) is 21.0 Å². The van der Waals surface area contributed by atoms with Crippen LogP contribution in [0.3, 0.4) is 0 Å². The van der Waals surface area contributed by atoms with Gasteiger partial charge in [0.05, 0.1) is 16.4 Å². The first-order valence-corrected chi connectivity index (χ1v) is 7.69. The van der Waals surface area contributed by atoms with Gasteiger partial charge in [-0.15, -0.1) is 0 Å². The maximum Gasteiger partial charge on any atom is 0.191 e. The predicted octanol–water partition coefficient (Wildman–Crippen LogP) is 4.36. The molecule has 2 rings (SSSR count). The lowest BCUT2D eigenvalue weighted by atomic mass is 9.92. The maximum absolute atomic E-state index is 5.92. The molecule has 2 aromatic rings. The summed E-state index contributed by atoms with van der Waals surface area (Å²) in [6, 6.07) is 0. The molecular weight excluding hydrogens is 348 g/mol. The third kappa shape index (κ3) is 3.07. The number of aromatic nitrogens is 3. The fraction of sp³-hybridized carbons (Fsp3) is 0.417. The number of halogens is 2. The van der Waals surface area contributed by atoms with Gasteiger partial charge >= 0.3 is 0 Å². The van der Waals surface area contributed by atoms with Gasteiger partial charge in [0, 0.05) is 12.5 Å². The van der Waals surface area contributed by atoms with Crippen LogP contribution in [0.4, 0.5) is 5.82 Å². The highest BCUT2D eigenvalue weighted by Gasteiger charge is 2.24. The number of thiazole rings is 1. The Labute approximate surface area is 129 Å². The van der Waals surface area contributed by atoms with Gasteiger partial charge in [-0.25, -0.2) is 15.0 Å². The van der Waals surface area contributed by atoms with Crippen molar-refractivity contribution in [2.45, 2.75) is 26.2 Å². The molecule has 0 aromatic carbocycles. The van der Waals surface area contributed by atoms with Crippen molar-refractivity contribution >= 4 is 44.7 Å². The Morgan fingerprint density at radius 1 is 1.32 bits per heavy atom. The zero-order valence-corrected chi connectivity index (χ0v) is 14.2. The summed E-state index contributed by atoms with van der Waals surface area (Å²) in [6.07, 6.45) is 1.61. The van der Waals surface area contributed by atoms with Crippen LogP contribution in [0, 0.1) is 0 Å². The van der Waals surface area contributed by atoms with Gasteiger partial charge in [-0.1, -0.05) is 43.7 Å². The SMILES string of the molecule is CNc1nc(-c2ncc(Cl)s2)nc(C(C)(C)C)c1Br. The number of rotatable bonds is 2. The quantitative estimate of drug-likeness (QED) is 0.863. The molecule has 2 aromatic heterocycles. The molecule has 0 amide bonds. The van der Waals surface area contributed by atoms with Crippen LogP contribution in [0.5, 0.6) is 0 Å². The number of anilines is 1. The third-order valence-corrected chi connectivity index (χ3v) is 4.33. The molecule has 0 bridgehead atoms. The van der Waals surface area contributed by atoms with Crippen molar-refractivity contribution in [3.8, 4) is 10.8 Å². The lowest BCUT2D eigenvalue weighted by Gasteiger charge is -2.21. The number of hydrogen-bond donors (Lipinski definition) is 1. The monoisotopic (exact) mass is 360 g/mol. The van der Waals surface area contributed by atoms with E-state index in [-0.39, 0.29) is 5.41 Å². The van der Waals surface area contributed by atoms with Crippen molar-refractivity contribution in [2.24, 2.45) is 0 Å². The second kappa shape index (κ2) is 5.34. The van der Waals surface area contributed by atoms with E-state index in [1.165, 1.54) is 11.3 Å². The highest BCUT2D eigenvalue weighted by atomic mass is 79.9. The van der Waals surface area contributed by atoms with Crippen LogP contribution in [0.2, 0.25) is 4.34 Å². The minimum atomic E-state index is -0.0941. The predicted molar refractivity (Wildman–Crippen MR) is 84.1 cm³/mol. The second-order valence-corrected chi connectivity index (χ2v) is 7.48. The van der Waals surface area contributed by atoms with E-state index in [4.69, 9.17) is 11.6 Å². The van der Waals surface area contributed by atoms with Crippen LogP contribution >= 0.6 is 38.9 Å². The number of hydrogen-bond acceptors (Lipinski definition) is 5. The molecule has 0 aliphatic heterocycles. The molecule has 0 radical (unpaired) electrons. The van der Waals surface area contributed by atoms with Crippen molar-refractivity contribution in [3.63, 3.8) is 0 Å². The van der Waals surface area contributed by atoms with Gasteiger partial charge in [-0.05, 0) is 15.9 Å². The van der Waals surface area contributed by atoms with Gasteiger partial charge in [0.1, 0.15) is 10.2 Å². The lowest BCUT2D eigenvalue weighted by molar-refractivity contribution is 0.564. The zero-order chi connectivity index (χ0) is 14.2. The van der Waals surface area contributed by atoms with Gasteiger partial charge in [-0.2, -0.15) is 0 Å². The van der Waals surface area contributed by atoms with Gasteiger partial charge < -0.3 is 5.32 Å². The number of nitrogens with zero attached hydrogens (tertiary/aromatic N) is 3. The molecule has 0 saturated carbocycles. The van der Waals surface area contributed by atoms with E-state index in [9.17, 15) is 0 Å². The van der Waals surface area contributed by atoms with Crippen molar-refractivity contribution < 1.29 is 0 Å². The van der Waals surface area contributed by atoms with E-state index < -0.39 is 0 Å². The third-order valence-electron chi connectivity index (χ3n) is 2.47. The van der Waals surface area contributed by atoms with Crippen LogP contribution in [0.25, 0.3) is 10.8 Å². The molecule has 4 nitrogen and oxygen atoms in total. The molecule has 0 unspecified atom stereocenters. The Kier molecular flexibility index (Phi) is 4.13. The standard InChI is InChI=1S/C12H14BrClN4S/c1-12(2,3)8-7(13)9(15-4)18-10(17-8)11-16-5-6(14)19-11/h5H,1-4H3,(H,15,17,18). The molecule has 0 spiro atoms. The van der Waals surface area contributed by atoms with E-state index in [1.54, 1.807) is 6.20 Å². The van der Waals surface area contributed by atoms with Crippen molar-refractivity contribution in [3.05, 3.63) is 20.7 Å². The van der Waals surface area contributed by atoms with Crippen LogP contribution in [-0.4, -0.2) is 22.0 Å². The van der Waals surface area contributed by atoms with Gasteiger partial charge in [0.2, 0.25) is 0 Å². The van der Waals surface area contributed by atoms with E-state index >= 15 is 0 Å². The van der Waals surface area contributed by atoms with E-state index in [1.807, 2.05) is 7.05 Å². The smallest absolute Gasteiger partial charge is 0.191 e. The van der Waals surface area contributed by atoms with Crippen LogP contribution in [-0.2, 0) is 5.41 Å². The van der Waals surface area contributed by atoms with Crippen molar-refractivity contribution in [2.75, 3.05) is 12.4 Å². The Morgan fingerprint density at radius 3 is 2.47 bits per heavy atom. The summed E-state index contributed by atoms with van der Waals surface area (Å²) in [4.78, 5) is 13.3. The second-order valence-electron chi connectivity index (χ2n) is 5.03. The molecule has 1 N–H and O–H groups in total. The Balaban J connectivity index is 2.64. The minimum absolute atomic E-state index is 0.0941. The molecular formula is C12H14BrClN4S. The molecule has 19 heavy (non-hydrogen) atoms. The Hall–Kier alpha value is -0.720. The van der Waals surface area contributed by atoms with Crippen molar-refractivity contribution in [1.82, 2.24) is 15.0 Å². The molecule has 2 heterocycles. The maximum atomic E-state index is 5.92.